The van der Waals surface area contributed by atoms with Crippen LogP contribution < -0.4 is 0 Å². The first kappa shape index (κ1) is 37.9. The summed E-state index contributed by atoms with van der Waals surface area (Å²) in [7, 11) is 0. The maximum absolute atomic E-state index is 11.7. The van der Waals surface area contributed by atoms with Crippen molar-refractivity contribution in [1.29, 1.82) is 0 Å². The molecule has 1 radical (unpaired) electrons. The number of carbonyl (C=O) groups is 1. The van der Waals surface area contributed by atoms with Gasteiger partial charge in [0.1, 0.15) is 7.67 Å². The molecule has 6 heteroatoms. The van der Waals surface area contributed by atoms with Gasteiger partial charge >= 0.3 is 0 Å². The van der Waals surface area contributed by atoms with Crippen LogP contribution in [-0.4, -0.2) is 20.9 Å². The van der Waals surface area contributed by atoms with Gasteiger partial charge < -0.3 is 5.11 Å². The molecule has 2 heterocycles. The molecule has 0 aliphatic heterocycles. The smallest absolute Gasteiger partial charge is 0.162 e. The van der Waals surface area contributed by atoms with Crippen LogP contribution in [0.3, 0.4) is 0 Å². The summed E-state index contributed by atoms with van der Waals surface area (Å²) in [6, 6.07) is 20.7. The molecule has 4 nitrogen and oxygen atoms in total. The van der Waals surface area contributed by atoms with E-state index in [2.05, 4.69) is 106 Å². The summed E-state index contributed by atoms with van der Waals surface area (Å²) in [5.74, 6) is 0.547. The number of carbonyl (C=O) groups excluding carboxylic acids is 1. The number of ketones is 1. The number of hydrogen-bond donors (Lipinski definition) is 1. The number of fused-ring (bicyclic) bond motifs is 4. The molecule has 0 unspecified atom stereocenters. The standard InChI is InChI=1S/C29H29N2S.C13H24O2.Ir/c1-28(2,3)16-19-11-9-13-22-25-27(32-26(19)22)24(30-17-31-25)20-14-18-10-7-8-12-21(18)23(15-20)29(4,5)6;1-5-10(6-2)12(14)9-13(15)11(7-3)8-4;/h7-13,15,17H,16H2,1-6H3;9-11,14H,5-8H2,1-4H3;/q-1;;/b;12-9-;/i17D;;. The third-order valence-corrected chi connectivity index (χ3v) is 10.2. The summed E-state index contributed by atoms with van der Waals surface area (Å²) in [5, 5.41) is 13.2. The van der Waals surface area contributed by atoms with Gasteiger partial charge in [0.15, 0.2) is 5.78 Å². The Morgan fingerprint density at radius 2 is 1.52 bits per heavy atom. The first-order chi connectivity index (χ1) is 22.6. The monoisotopic (exact) mass is 843 g/mol. The van der Waals surface area contributed by atoms with Crippen molar-refractivity contribution < 1.29 is 31.4 Å². The van der Waals surface area contributed by atoms with Gasteiger partial charge in [-0.1, -0.05) is 117 Å². The van der Waals surface area contributed by atoms with E-state index in [1.807, 2.05) is 27.7 Å². The quantitative estimate of drug-likeness (QED) is 0.0912. The Labute approximate surface area is 307 Å². The maximum atomic E-state index is 11.7. The van der Waals surface area contributed by atoms with E-state index in [9.17, 15) is 9.90 Å². The molecule has 0 fully saturated rings. The van der Waals surface area contributed by atoms with Crippen LogP contribution in [0.2, 0.25) is 0 Å². The summed E-state index contributed by atoms with van der Waals surface area (Å²) in [5.41, 5.74) is 5.37. The maximum Gasteiger partial charge on any atom is 0.162 e. The van der Waals surface area contributed by atoms with Crippen LogP contribution in [0.15, 0.2) is 66.7 Å². The van der Waals surface area contributed by atoms with Gasteiger partial charge in [-0.05, 0) is 48.5 Å². The molecule has 2 aromatic heterocycles. The van der Waals surface area contributed by atoms with Crippen LogP contribution in [0.25, 0.3) is 42.3 Å². The zero-order valence-electron chi connectivity index (χ0n) is 31.4. The second-order valence-electron chi connectivity index (χ2n) is 14.9. The number of hydrogen-bond acceptors (Lipinski definition) is 5. The van der Waals surface area contributed by atoms with Gasteiger partial charge in [0, 0.05) is 58.5 Å². The molecule has 259 valence electrons. The molecule has 0 spiro atoms. The van der Waals surface area contributed by atoms with E-state index in [4.69, 9.17) is 1.37 Å². The molecule has 5 rings (SSSR count). The van der Waals surface area contributed by atoms with Crippen LogP contribution in [0, 0.1) is 23.3 Å². The zero-order valence-corrected chi connectivity index (χ0v) is 33.6. The second kappa shape index (κ2) is 16.7. The number of aliphatic hydroxyl groups is 1. The van der Waals surface area contributed by atoms with Crippen molar-refractivity contribution in [3.8, 4) is 11.3 Å². The average molecular weight is 843 g/mol. The van der Waals surface area contributed by atoms with Gasteiger partial charge in [-0.15, -0.1) is 40.5 Å². The molecule has 0 bridgehead atoms. The molecule has 0 amide bonds. The van der Waals surface area contributed by atoms with Gasteiger partial charge in [0.05, 0.1) is 11.3 Å². The zero-order chi connectivity index (χ0) is 35.4. The molecule has 0 aliphatic carbocycles. The molecular weight excluding hydrogens is 789 g/mol. The fraction of sp³-hybridized carbons (Fsp3) is 0.452. The second-order valence-corrected chi connectivity index (χ2v) is 15.9. The van der Waals surface area contributed by atoms with Gasteiger partial charge in [0.25, 0.3) is 0 Å². The van der Waals surface area contributed by atoms with E-state index in [0.29, 0.717) is 0 Å². The Morgan fingerprint density at radius 1 is 0.896 bits per heavy atom. The van der Waals surface area contributed by atoms with E-state index in [1.165, 1.54) is 27.3 Å². The summed E-state index contributed by atoms with van der Waals surface area (Å²) in [4.78, 5) is 20.9. The van der Waals surface area contributed by atoms with Gasteiger partial charge in [0.2, 0.25) is 0 Å². The largest absolute Gasteiger partial charge is 0.512 e. The van der Waals surface area contributed by atoms with Crippen molar-refractivity contribution in [2.45, 2.75) is 107 Å². The molecule has 0 atom stereocenters. The Kier molecular flexibility index (Phi) is 13.1. The topological polar surface area (TPSA) is 63.1 Å². The van der Waals surface area contributed by atoms with Crippen molar-refractivity contribution in [2.24, 2.45) is 17.3 Å². The fourth-order valence-corrected chi connectivity index (χ4v) is 7.52. The third kappa shape index (κ3) is 9.20. The SMILES string of the molecule is CCC(CC)C(=O)/C=C(\O)C(CC)CC.[2H]c1nc(-c2[c-]c3ccccc3c(C(C)(C)C)c2)c2sc3c(CC(C)(C)C)cccc3c2n1.[Ir]. The molecule has 48 heavy (non-hydrogen) atoms. The van der Waals surface area contributed by atoms with Gasteiger partial charge in [-0.25, -0.2) is 4.98 Å². The van der Waals surface area contributed by atoms with E-state index in [0.717, 1.165) is 64.4 Å². The van der Waals surface area contributed by atoms with Gasteiger partial charge in [-0.2, -0.15) is 0 Å². The first-order valence-corrected chi connectivity index (χ1v) is 18.0. The number of thiophene rings is 1. The fourth-order valence-electron chi connectivity index (χ4n) is 6.26. The molecule has 3 aromatic carbocycles. The Morgan fingerprint density at radius 3 is 2.12 bits per heavy atom. The van der Waals surface area contributed by atoms with E-state index >= 15 is 0 Å². The average Bonchev–Trinajstić information content (AvgIpc) is 3.40. The van der Waals surface area contributed by atoms with Crippen molar-refractivity contribution in [1.82, 2.24) is 9.97 Å². The number of nitrogens with zero attached hydrogens (tertiary/aromatic N) is 2. The van der Waals surface area contributed by atoms with Crippen LogP contribution in [-0.2, 0) is 36.7 Å². The summed E-state index contributed by atoms with van der Waals surface area (Å²) < 4.78 is 10.7. The summed E-state index contributed by atoms with van der Waals surface area (Å²) in [6.45, 7) is 21.6. The van der Waals surface area contributed by atoms with E-state index < -0.39 is 0 Å². The first-order valence-electron chi connectivity index (χ1n) is 17.7. The Bertz CT molecular complexity index is 1930. The van der Waals surface area contributed by atoms with Crippen LogP contribution in [0.5, 0.6) is 0 Å². The number of allylic oxidation sites excluding steroid dienone is 2. The molecule has 5 aromatic rings. The predicted octanol–water partition coefficient (Wildman–Crippen LogP) is 12.2. The Balaban J connectivity index is 0.000000347. The molecule has 1 N–H and O–H groups in total. The molecular formula is C42H53IrN2O2S-. The van der Waals surface area contributed by atoms with Gasteiger partial charge in [-0.3, -0.25) is 9.78 Å². The molecule has 0 aliphatic rings. The van der Waals surface area contributed by atoms with Crippen molar-refractivity contribution >= 4 is 48.2 Å². The van der Waals surface area contributed by atoms with Crippen LogP contribution in [0.4, 0.5) is 0 Å². The minimum Gasteiger partial charge on any atom is -0.512 e. The molecule has 0 saturated carbocycles. The van der Waals surface area contributed by atoms with Crippen LogP contribution in [0.1, 0.15) is 107 Å². The summed E-state index contributed by atoms with van der Waals surface area (Å²) >= 11 is 1.75. The number of benzene rings is 3. The Hall–Kier alpha value is -2.92. The predicted molar refractivity (Wildman–Crippen MR) is 202 cm³/mol. The molecule has 0 saturated heterocycles. The minimum absolute atomic E-state index is 0. The van der Waals surface area contributed by atoms with E-state index in [-0.39, 0.29) is 60.6 Å². The third-order valence-electron chi connectivity index (χ3n) is 8.95. The number of rotatable bonds is 9. The number of aliphatic hydroxyl groups excluding tert-OH is 1. The minimum atomic E-state index is -0.0283. The van der Waals surface area contributed by atoms with E-state index in [1.54, 1.807) is 11.3 Å². The van der Waals surface area contributed by atoms with Crippen molar-refractivity contribution in [3.05, 3.63) is 83.9 Å². The normalized spacial score (nSPS) is 12.8. The number of aromatic nitrogens is 2. The van der Waals surface area contributed by atoms with Crippen molar-refractivity contribution in [2.75, 3.05) is 0 Å². The van der Waals surface area contributed by atoms with Crippen LogP contribution >= 0.6 is 11.3 Å². The summed E-state index contributed by atoms with van der Waals surface area (Å²) in [6.07, 6.45) is 5.95. The van der Waals surface area contributed by atoms with Crippen molar-refractivity contribution in [3.63, 3.8) is 0 Å².